The monoisotopic (exact) mass is 344 g/mol. The van der Waals surface area contributed by atoms with E-state index >= 15 is 0 Å². The summed E-state index contributed by atoms with van der Waals surface area (Å²) in [7, 11) is 0. The number of carbonyl (C=O) groups is 2. The van der Waals surface area contributed by atoms with E-state index in [1.54, 1.807) is 12.4 Å². The van der Waals surface area contributed by atoms with Gasteiger partial charge in [-0.05, 0) is 56.7 Å². The number of rotatable bonds is 5. The fraction of sp³-hybridized carbons (Fsp3) is 0.632. The summed E-state index contributed by atoms with van der Waals surface area (Å²) in [5.41, 5.74) is 0.954. The molecule has 6 nitrogen and oxygen atoms in total. The molecule has 0 bridgehead atoms. The van der Waals surface area contributed by atoms with Crippen molar-refractivity contribution in [1.29, 1.82) is 0 Å². The Labute approximate surface area is 149 Å². The van der Waals surface area contributed by atoms with Crippen LogP contribution in [0.5, 0.6) is 0 Å². The van der Waals surface area contributed by atoms with Crippen molar-refractivity contribution in [3.63, 3.8) is 0 Å². The molecule has 0 aromatic carbocycles. The van der Waals surface area contributed by atoms with Gasteiger partial charge in [-0.25, -0.2) is 0 Å². The number of piperidine rings is 1. The Morgan fingerprint density at radius 3 is 3.00 bits per heavy atom. The first-order valence-electron chi connectivity index (χ1n) is 9.35. The minimum atomic E-state index is -0.176. The molecule has 0 saturated carbocycles. The minimum absolute atomic E-state index is 0.0353. The van der Waals surface area contributed by atoms with Crippen LogP contribution in [0, 0.1) is 5.92 Å². The van der Waals surface area contributed by atoms with Gasteiger partial charge < -0.3 is 15.5 Å². The van der Waals surface area contributed by atoms with Crippen molar-refractivity contribution in [1.82, 2.24) is 20.5 Å². The highest BCUT2D eigenvalue weighted by molar-refractivity contribution is 5.83. The Hall–Kier alpha value is -1.95. The van der Waals surface area contributed by atoms with Crippen molar-refractivity contribution in [2.45, 2.75) is 44.6 Å². The Bertz CT molecular complexity index is 586. The Kier molecular flexibility index (Phi) is 6.02. The van der Waals surface area contributed by atoms with Crippen molar-refractivity contribution >= 4 is 11.8 Å². The second kappa shape index (κ2) is 8.43. The molecule has 136 valence electrons. The zero-order chi connectivity index (χ0) is 17.6. The average Bonchev–Trinajstić information content (AvgIpc) is 3.21. The van der Waals surface area contributed by atoms with Gasteiger partial charge in [0.2, 0.25) is 11.8 Å². The maximum atomic E-state index is 12.8. The fourth-order valence-corrected chi connectivity index (χ4v) is 3.76. The quantitative estimate of drug-likeness (QED) is 0.844. The molecule has 0 spiro atoms. The SMILES string of the molecule is C[C@H](C(=O)N1CCC[C@H](CNC(=O)[C@H]2CCCN2)C1)c1cccnc1. The van der Waals surface area contributed by atoms with Gasteiger partial charge in [0.05, 0.1) is 12.0 Å². The molecular formula is C19H28N4O2. The molecule has 3 atom stereocenters. The van der Waals surface area contributed by atoms with Crippen molar-refractivity contribution < 1.29 is 9.59 Å². The molecule has 25 heavy (non-hydrogen) atoms. The number of nitrogens with zero attached hydrogens (tertiary/aromatic N) is 2. The maximum Gasteiger partial charge on any atom is 0.237 e. The van der Waals surface area contributed by atoms with E-state index in [4.69, 9.17) is 0 Å². The van der Waals surface area contributed by atoms with Crippen molar-refractivity contribution in [3.8, 4) is 0 Å². The lowest BCUT2D eigenvalue weighted by Crippen LogP contribution is -2.47. The number of hydrogen-bond donors (Lipinski definition) is 2. The number of likely N-dealkylation sites (tertiary alicyclic amines) is 1. The lowest BCUT2D eigenvalue weighted by atomic mass is 9.95. The molecule has 2 aliphatic heterocycles. The van der Waals surface area contributed by atoms with Crippen LogP contribution in [-0.2, 0) is 9.59 Å². The topological polar surface area (TPSA) is 74.3 Å². The van der Waals surface area contributed by atoms with Crippen LogP contribution < -0.4 is 10.6 Å². The summed E-state index contributed by atoms with van der Waals surface area (Å²) < 4.78 is 0. The zero-order valence-corrected chi connectivity index (χ0v) is 14.9. The summed E-state index contributed by atoms with van der Waals surface area (Å²) in [6.07, 6.45) is 7.52. The summed E-state index contributed by atoms with van der Waals surface area (Å²) in [6.45, 7) is 5.05. The van der Waals surface area contributed by atoms with Gasteiger partial charge in [0.15, 0.2) is 0 Å². The standard InChI is InChI=1S/C19H28N4O2/c1-14(16-6-2-8-20-12-16)19(25)23-10-4-5-15(13-23)11-22-18(24)17-7-3-9-21-17/h2,6,8,12,14-15,17,21H,3-5,7,9-11,13H2,1H3,(H,22,24)/t14-,15+,17+/m0/s1. The van der Waals surface area contributed by atoms with Crippen molar-refractivity contribution in [2.75, 3.05) is 26.2 Å². The minimum Gasteiger partial charge on any atom is -0.354 e. The molecule has 0 aliphatic carbocycles. The van der Waals surface area contributed by atoms with Crippen LogP contribution in [0.1, 0.15) is 44.1 Å². The van der Waals surface area contributed by atoms with Gasteiger partial charge in [0, 0.05) is 32.0 Å². The van der Waals surface area contributed by atoms with Gasteiger partial charge >= 0.3 is 0 Å². The molecular weight excluding hydrogens is 316 g/mol. The molecule has 2 amide bonds. The summed E-state index contributed by atoms with van der Waals surface area (Å²) in [5.74, 6) is 0.417. The Balaban J connectivity index is 1.50. The van der Waals surface area contributed by atoms with Crippen molar-refractivity contribution in [2.24, 2.45) is 5.92 Å². The van der Waals surface area contributed by atoms with E-state index in [-0.39, 0.29) is 23.8 Å². The van der Waals surface area contributed by atoms with E-state index in [1.165, 1.54) is 0 Å². The summed E-state index contributed by atoms with van der Waals surface area (Å²) in [5, 5.41) is 6.29. The van der Waals surface area contributed by atoms with E-state index in [0.717, 1.165) is 50.9 Å². The van der Waals surface area contributed by atoms with Gasteiger partial charge in [-0.2, -0.15) is 0 Å². The number of carbonyl (C=O) groups excluding carboxylic acids is 2. The molecule has 3 heterocycles. The largest absolute Gasteiger partial charge is 0.354 e. The Morgan fingerprint density at radius 1 is 1.40 bits per heavy atom. The van der Waals surface area contributed by atoms with Crippen LogP contribution in [0.15, 0.2) is 24.5 Å². The fourth-order valence-electron chi connectivity index (χ4n) is 3.76. The summed E-state index contributed by atoms with van der Waals surface area (Å²) in [6, 6.07) is 3.78. The number of aromatic nitrogens is 1. The summed E-state index contributed by atoms with van der Waals surface area (Å²) in [4.78, 5) is 31.0. The highest BCUT2D eigenvalue weighted by Crippen LogP contribution is 2.22. The van der Waals surface area contributed by atoms with Crippen molar-refractivity contribution in [3.05, 3.63) is 30.1 Å². The molecule has 2 aliphatic rings. The highest BCUT2D eigenvalue weighted by atomic mass is 16.2. The molecule has 3 rings (SSSR count). The van der Waals surface area contributed by atoms with E-state index in [9.17, 15) is 9.59 Å². The van der Waals surface area contributed by atoms with E-state index in [1.807, 2.05) is 24.0 Å². The van der Waals surface area contributed by atoms with E-state index in [0.29, 0.717) is 12.5 Å². The number of amides is 2. The predicted octanol–water partition coefficient (Wildman–Crippen LogP) is 1.29. The van der Waals surface area contributed by atoms with Gasteiger partial charge in [-0.1, -0.05) is 6.07 Å². The number of pyridine rings is 1. The lowest BCUT2D eigenvalue weighted by Gasteiger charge is -2.34. The first-order valence-corrected chi connectivity index (χ1v) is 9.35. The second-order valence-corrected chi connectivity index (χ2v) is 7.19. The molecule has 2 saturated heterocycles. The van der Waals surface area contributed by atoms with Crippen LogP contribution >= 0.6 is 0 Å². The Morgan fingerprint density at radius 2 is 2.28 bits per heavy atom. The van der Waals surface area contributed by atoms with Crippen LogP contribution in [0.4, 0.5) is 0 Å². The van der Waals surface area contributed by atoms with Gasteiger partial charge in [-0.15, -0.1) is 0 Å². The summed E-state index contributed by atoms with van der Waals surface area (Å²) >= 11 is 0. The van der Waals surface area contributed by atoms with Crippen LogP contribution in [-0.4, -0.2) is 53.9 Å². The molecule has 6 heteroatoms. The maximum absolute atomic E-state index is 12.8. The first-order chi connectivity index (χ1) is 12.1. The van der Waals surface area contributed by atoms with Crippen LogP contribution in [0.2, 0.25) is 0 Å². The third-order valence-corrected chi connectivity index (χ3v) is 5.33. The average molecular weight is 344 g/mol. The lowest BCUT2D eigenvalue weighted by molar-refractivity contribution is -0.134. The third kappa shape index (κ3) is 4.57. The predicted molar refractivity (Wildman–Crippen MR) is 96.0 cm³/mol. The van der Waals surface area contributed by atoms with E-state index < -0.39 is 0 Å². The normalized spacial score (nSPS) is 24.8. The molecule has 0 radical (unpaired) electrons. The van der Waals surface area contributed by atoms with Crippen LogP contribution in [0.25, 0.3) is 0 Å². The van der Waals surface area contributed by atoms with Gasteiger partial charge in [0.1, 0.15) is 0 Å². The van der Waals surface area contributed by atoms with Gasteiger partial charge in [-0.3, -0.25) is 14.6 Å². The zero-order valence-electron chi connectivity index (χ0n) is 14.9. The molecule has 2 fully saturated rings. The third-order valence-electron chi connectivity index (χ3n) is 5.33. The molecule has 0 unspecified atom stereocenters. The van der Waals surface area contributed by atoms with Gasteiger partial charge in [0.25, 0.3) is 0 Å². The molecule has 1 aromatic heterocycles. The smallest absolute Gasteiger partial charge is 0.237 e. The first kappa shape index (κ1) is 17.9. The molecule has 1 aromatic rings. The second-order valence-electron chi connectivity index (χ2n) is 7.19. The van der Waals surface area contributed by atoms with Crippen LogP contribution in [0.3, 0.4) is 0 Å². The highest BCUT2D eigenvalue weighted by Gasteiger charge is 2.28. The number of nitrogens with one attached hydrogen (secondary N) is 2. The number of hydrogen-bond acceptors (Lipinski definition) is 4. The van der Waals surface area contributed by atoms with E-state index in [2.05, 4.69) is 15.6 Å². The molecule has 2 N–H and O–H groups in total.